The van der Waals surface area contributed by atoms with Crippen LogP contribution in [0.25, 0.3) is 0 Å². The number of ether oxygens (including phenoxy) is 1. The summed E-state index contributed by atoms with van der Waals surface area (Å²) >= 11 is 0. The van der Waals surface area contributed by atoms with Gasteiger partial charge in [-0.1, -0.05) is 0 Å². The standard InChI is InChI=1S/C7H13N3O/c1-7(2,3)11-4-6-8-5-9-10-6/h4-5H2,1-3H3. The summed E-state index contributed by atoms with van der Waals surface area (Å²) in [5.41, 5.74) is -0.124. The van der Waals surface area contributed by atoms with Gasteiger partial charge in [-0.15, -0.1) is 5.11 Å². The zero-order valence-corrected chi connectivity index (χ0v) is 7.16. The van der Waals surface area contributed by atoms with Crippen molar-refractivity contribution < 1.29 is 4.74 Å². The molecule has 0 amide bonds. The van der Waals surface area contributed by atoms with Crippen molar-refractivity contribution >= 4 is 5.84 Å². The maximum atomic E-state index is 5.43. The van der Waals surface area contributed by atoms with Gasteiger partial charge in [-0.25, -0.2) is 4.99 Å². The first-order chi connectivity index (χ1) is 5.08. The van der Waals surface area contributed by atoms with Crippen LogP contribution in [0.3, 0.4) is 0 Å². The highest BCUT2D eigenvalue weighted by Crippen LogP contribution is 2.07. The Labute approximate surface area is 66.4 Å². The van der Waals surface area contributed by atoms with Crippen molar-refractivity contribution in [1.82, 2.24) is 0 Å². The van der Waals surface area contributed by atoms with Gasteiger partial charge in [0.2, 0.25) is 0 Å². The highest BCUT2D eigenvalue weighted by Gasteiger charge is 2.12. The molecule has 0 saturated heterocycles. The quantitative estimate of drug-likeness (QED) is 0.597. The van der Waals surface area contributed by atoms with Crippen LogP contribution in [0, 0.1) is 0 Å². The van der Waals surface area contributed by atoms with E-state index in [0.717, 1.165) is 0 Å². The summed E-state index contributed by atoms with van der Waals surface area (Å²) in [7, 11) is 0. The molecule has 0 bridgehead atoms. The third-order valence-corrected chi connectivity index (χ3v) is 1.14. The van der Waals surface area contributed by atoms with Crippen LogP contribution in [-0.2, 0) is 4.74 Å². The molecule has 0 aromatic heterocycles. The minimum atomic E-state index is -0.124. The van der Waals surface area contributed by atoms with E-state index in [-0.39, 0.29) is 5.60 Å². The molecule has 1 aliphatic rings. The normalized spacial score (nSPS) is 17.2. The number of hydrogen-bond donors (Lipinski definition) is 0. The molecule has 4 heteroatoms. The summed E-state index contributed by atoms with van der Waals surface area (Å²) in [6.07, 6.45) is 0. The Morgan fingerprint density at radius 3 is 2.64 bits per heavy atom. The van der Waals surface area contributed by atoms with E-state index in [0.29, 0.717) is 19.1 Å². The maximum absolute atomic E-state index is 5.43. The van der Waals surface area contributed by atoms with E-state index in [4.69, 9.17) is 4.74 Å². The van der Waals surface area contributed by atoms with Crippen LogP contribution in [0.5, 0.6) is 0 Å². The van der Waals surface area contributed by atoms with Crippen LogP contribution in [-0.4, -0.2) is 24.7 Å². The van der Waals surface area contributed by atoms with Gasteiger partial charge < -0.3 is 4.74 Å². The zero-order chi connectivity index (χ0) is 8.32. The Balaban J connectivity index is 2.28. The molecule has 62 valence electrons. The molecular weight excluding hydrogens is 142 g/mol. The van der Waals surface area contributed by atoms with E-state index in [1.165, 1.54) is 0 Å². The second-order valence-corrected chi connectivity index (χ2v) is 3.36. The number of aliphatic imine (C=N–C) groups is 1. The fourth-order valence-electron chi connectivity index (χ4n) is 0.614. The highest BCUT2D eigenvalue weighted by molar-refractivity contribution is 5.84. The Morgan fingerprint density at radius 1 is 1.45 bits per heavy atom. The van der Waals surface area contributed by atoms with Crippen LogP contribution >= 0.6 is 0 Å². The van der Waals surface area contributed by atoms with E-state index >= 15 is 0 Å². The second kappa shape index (κ2) is 3.09. The van der Waals surface area contributed by atoms with Gasteiger partial charge in [0.1, 0.15) is 6.61 Å². The molecule has 1 rings (SSSR count). The molecule has 11 heavy (non-hydrogen) atoms. The molecule has 0 spiro atoms. The Morgan fingerprint density at radius 2 is 2.18 bits per heavy atom. The SMILES string of the molecule is CC(C)(C)OCC1=NCN=N1. The van der Waals surface area contributed by atoms with E-state index < -0.39 is 0 Å². The summed E-state index contributed by atoms with van der Waals surface area (Å²) in [4.78, 5) is 4.00. The van der Waals surface area contributed by atoms with Crippen LogP contribution in [0.15, 0.2) is 15.2 Å². The molecule has 0 radical (unpaired) electrons. The Bertz CT molecular complexity index is 190. The number of nitrogens with zero attached hydrogens (tertiary/aromatic N) is 3. The number of amidine groups is 1. The first-order valence-corrected chi connectivity index (χ1v) is 3.63. The predicted octanol–water partition coefficient (Wildman–Crippen LogP) is 1.62. The fourth-order valence-corrected chi connectivity index (χ4v) is 0.614. The van der Waals surface area contributed by atoms with E-state index in [2.05, 4.69) is 15.2 Å². The summed E-state index contributed by atoms with van der Waals surface area (Å²) < 4.78 is 5.43. The lowest BCUT2D eigenvalue weighted by Gasteiger charge is -2.18. The van der Waals surface area contributed by atoms with Crippen LogP contribution < -0.4 is 0 Å². The monoisotopic (exact) mass is 155 g/mol. The molecule has 0 aromatic carbocycles. The van der Waals surface area contributed by atoms with E-state index in [1.54, 1.807) is 0 Å². The van der Waals surface area contributed by atoms with Crippen molar-refractivity contribution in [2.45, 2.75) is 26.4 Å². The van der Waals surface area contributed by atoms with Crippen molar-refractivity contribution in [2.75, 3.05) is 13.3 Å². The minimum absolute atomic E-state index is 0.124. The summed E-state index contributed by atoms with van der Waals surface area (Å²) in [5.74, 6) is 0.694. The smallest absolute Gasteiger partial charge is 0.173 e. The average Bonchev–Trinajstić information content (AvgIpc) is 2.32. The second-order valence-electron chi connectivity index (χ2n) is 3.36. The fraction of sp³-hybridized carbons (Fsp3) is 0.857. The number of azo groups is 1. The van der Waals surface area contributed by atoms with Gasteiger partial charge in [-0.3, -0.25) is 0 Å². The van der Waals surface area contributed by atoms with Crippen molar-refractivity contribution in [1.29, 1.82) is 0 Å². The van der Waals surface area contributed by atoms with Crippen molar-refractivity contribution in [2.24, 2.45) is 15.2 Å². The van der Waals surface area contributed by atoms with Crippen molar-refractivity contribution in [3.05, 3.63) is 0 Å². The first kappa shape index (κ1) is 8.33. The molecule has 4 nitrogen and oxygen atoms in total. The molecule has 0 fully saturated rings. The lowest BCUT2D eigenvalue weighted by atomic mass is 10.2. The van der Waals surface area contributed by atoms with E-state index in [1.807, 2.05) is 20.8 Å². The van der Waals surface area contributed by atoms with Crippen molar-refractivity contribution in [3.63, 3.8) is 0 Å². The largest absolute Gasteiger partial charge is 0.368 e. The first-order valence-electron chi connectivity index (χ1n) is 3.63. The third kappa shape index (κ3) is 3.23. The van der Waals surface area contributed by atoms with Gasteiger partial charge in [0, 0.05) is 0 Å². The van der Waals surface area contributed by atoms with Gasteiger partial charge in [0.05, 0.1) is 5.60 Å². The summed E-state index contributed by atoms with van der Waals surface area (Å²) in [5, 5.41) is 7.50. The molecule has 1 heterocycles. The van der Waals surface area contributed by atoms with Gasteiger partial charge >= 0.3 is 0 Å². The van der Waals surface area contributed by atoms with Crippen LogP contribution in [0.1, 0.15) is 20.8 Å². The molecule has 0 atom stereocenters. The average molecular weight is 155 g/mol. The number of hydrogen-bond acceptors (Lipinski definition) is 4. The molecular formula is C7H13N3O. The number of rotatable bonds is 2. The topological polar surface area (TPSA) is 46.3 Å². The highest BCUT2D eigenvalue weighted by atomic mass is 16.5. The third-order valence-electron chi connectivity index (χ3n) is 1.14. The van der Waals surface area contributed by atoms with Crippen LogP contribution in [0.2, 0.25) is 0 Å². The van der Waals surface area contributed by atoms with Crippen molar-refractivity contribution in [3.8, 4) is 0 Å². The lowest BCUT2D eigenvalue weighted by Crippen LogP contribution is -2.22. The Hall–Kier alpha value is -0.770. The van der Waals surface area contributed by atoms with Gasteiger partial charge in [0.25, 0.3) is 0 Å². The predicted molar refractivity (Wildman–Crippen MR) is 42.9 cm³/mol. The lowest BCUT2D eigenvalue weighted by molar-refractivity contribution is 0.0210. The van der Waals surface area contributed by atoms with E-state index in [9.17, 15) is 0 Å². The molecule has 0 unspecified atom stereocenters. The summed E-state index contributed by atoms with van der Waals surface area (Å²) in [6.45, 7) is 6.93. The van der Waals surface area contributed by atoms with Crippen LogP contribution in [0.4, 0.5) is 0 Å². The molecule has 0 aliphatic carbocycles. The zero-order valence-electron chi connectivity index (χ0n) is 7.16. The Kier molecular flexibility index (Phi) is 2.34. The van der Waals surface area contributed by atoms with Gasteiger partial charge in [-0.05, 0) is 20.8 Å². The summed E-state index contributed by atoms with van der Waals surface area (Å²) in [6, 6.07) is 0. The molecule has 1 aliphatic heterocycles. The molecule has 0 N–H and O–H groups in total. The minimum Gasteiger partial charge on any atom is -0.368 e. The van der Waals surface area contributed by atoms with Gasteiger partial charge in [0.15, 0.2) is 12.5 Å². The molecule has 0 saturated carbocycles. The molecule has 0 aromatic rings. The van der Waals surface area contributed by atoms with Gasteiger partial charge in [-0.2, -0.15) is 5.11 Å². The maximum Gasteiger partial charge on any atom is 0.173 e.